The van der Waals surface area contributed by atoms with E-state index >= 15 is 0 Å². The minimum atomic E-state index is -1.36. The van der Waals surface area contributed by atoms with Crippen molar-refractivity contribution in [3.63, 3.8) is 0 Å². The molecule has 2 N–H and O–H groups in total. The molecule has 1 aliphatic heterocycles. The zero-order valence-electron chi connectivity index (χ0n) is 28.0. The van der Waals surface area contributed by atoms with Crippen LogP contribution in [-0.4, -0.2) is 49.9 Å². The molecular formula is C41H39BrN2O6. The lowest BCUT2D eigenvalue weighted by Gasteiger charge is -2.31. The van der Waals surface area contributed by atoms with Gasteiger partial charge in [0.2, 0.25) is 5.90 Å². The predicted octanol–water partition coefficient (Wildman–Crippen LogP) is 7.71. The maximum atomic E-state index is 14.7. The monoisotopic (exact) mass is 734 g/mol. The van der Waals surface area contributed by atoms with Crippen molar-refractivity contribution >= 4 is 27.7 Å². The van der Waals surface area contributed by atoms with Crippen molar-refractivity contribution < 1.29 is 28.8 Å². The molecule has 0 aromatic heterocycles. The molecule has 256 valence electrons. The number of aliphatic hydroxyl groups excluding tert-OH is 1. The molecule has 5 aromatic carbocycles. The van der Waals surface area contributed by atoms with Crippen LogP contribution in [0.2, 0.25) is 0 Å². The number of aliphatic imine (C=N–C) groups is 1. The van der Waals surface area contributed by atoms with Gasteiger partial charge in [-0.2, -0.15) is 0 Å². The van der Waals surface area contributed by atoms with Gasteiger partial charge in [0.15, 0.2) is 23.1 Å². The second-order valence-electron chi connectivity index (χ2n) is 12.0. The van der Waals surface area contributed by atoms with Crippen molar-refractivity contribution in [1.29, 1.82) is 0 Å². The molecule has 1 aliphatic rings. The molecule has 0 bridgehead atoms. The van der Waals surface area contributed by atoms with Gasteiger partial charge in [0, 0.05) is 36.0 Å². The first-order chi connectivity index (χ1) is 24.4. The SMILES string of the molecule is COc1ccc(CNC(=O)[C@]2(Cc3ccc(Br)cc3)N=C(c3ccc(OCCCO)cc3)O[C@@H]2c2ccc(-c3ccccc3)cc2)cc1OC. The molecule has 8 nitrogen and oxygen atoms in total. The summed E-state index contributed by atoms with van der Waals surface area (Å²) < 4.78 is 24.3. The predicted molar refractivity (Wildman–Crippen MR) is 198 cm³/mol. The zero-order valence-corrected chi connectivity index (χ0v) is 29.6. The molecule has 6 rings (SSSR count). The summed E-state index contributed by atoms with van der Waals surface area (Å²) in [5, 5.41) is 12.3. The van der Waals surface area contributed by atoms with Crippen molar-refractivity contribution in [1.82, 2.24) is 5.32 Å². The van der Waals surface area contributed by atoms with Gasteiger partial charge >= 0.3 is 0 Å². The fraction of sp³-hybridized carbons (Fsp3) is 0.220. The number of halogens is 1. The average Bonchev–Trinajstić information content (AvgIpc) is 3.55. The van der Waals surface area contributed by atoms with Gasteiger partial charge in [0.1, 0.15) is 5.75 Å². The van der Waals surface area contributed by atoms with Crippen LogP contribution in [0.1, 0.15) is 34.8 Å². The largest absolute Gasteiger partial charge is 0.494 e. The Labute approximate surface area is 300 Å². The third-order valence-electron chi connectivity index (χ3n) is 8.64. The topological polar surface area (TPSA) is 98.6 Å². The van der Waals surface area contributed by atoms with Crippen LogP contribution in [0.25, 0.3) is 11.1 Å². The van der Waals surface area contributed by atoms with E-state index in [1.54, 1.807) is 14.2 Å². The molecule has 0 fully saturated rings. The second-order valence-corrected chi connectivity index (χ2v) is 12.9. The number of ether oxygens (including phenoxy) is 4. The van der Waals surface area contributed by atoms with Gasteiger partial charge in [0.05, 0.1) is 20.8 Å². The highest BCUT2D eigenvalue weighted by molar-refractivity contribution is 9.10. The van der Waals surface area contributed by atoms with Crippen LogP contribution in [0.3, 0.4) is 0 Å². The Morgan fingerprint density at radius 1 is 0.820 bits per heavy atom. The van der Waals surface area contributed by atoms with Crippen molar-refractivity contribution in [3.05, 3.63) is 148 Å². The summed E-state index contributed by atoms with van der Waals surface area (Å²) in [6.07, 6.45) is 0.0887. The fourth-order valence-corrected chi connectivity index (χ4v) is 6.27. The molecule has 50 heavy (non-hydrogen) atoms. The van der Waals surface area contributed by atoms with Gasteiger partial charge < -0.3 is 29.4 Å². The average molecular weight is 736 g/mol. The van der Waals surface area contributed by atoms with E-state index in [-0.39, 0.29) is 25.5 Å². The minimum Gasteiger partial charge on any atom is -0.494 e. The summed E-state index contributed by atoms with van der Waals surface area (Å²) in [4.78, 5) is 19.9. The number of aliphatic hydroxyl groups is 1. The number of nitrogens with one attached hydrogen (secondary N) is 1. The Morgan fingerprint density at radius 2 is 1.48 bits per heavy atom. The maximum absolute atomic E-state index is 14.7. The Kier molecular flexibility index (Phi) is 11.2. The van der Waals surface area contributed by atoms with E-state index in [2.05, 4.69) is 45.5 Å². The fourth-order valence-electron chi connectivity index (χ4n) is 6.00. The number of benzene rings is 5. The minimum absolute atomic E-state index is 0.0605. The number of hydrogen-bond donors (Lipinski definition) is 2. The van der Waals surface area contributed by atoms with E-state index < -0.39 is 11.6 Å². The molecule has 1 amide bonds. The first-order valence-corrected chi connectivity index (χ1v) is 17.2. The van der Waals surface area contributed by atoms with Gasteiger partial charge in [-0.25, -0.2) is 4.99 Å². The molecule has 0 radical (unpaired) electrons. The van der Waals surface area contributed by atoms with Gasteiger partial charge in [-0.3, -0.25) is 4.79 Å². The third-order valence-corrected chi connectivity index (χ3v) is 9.17. The maximum Gasteiger partial charge on any atom is 0.252 e. The molecule has 2 atom stereocenters. The Hall–Kier alpha value is -5.12. The van der Waals surface area contributed by atoms with Gasteiger partial charge in [-0.1, -0.05) is 88.7 Å². The molecule has 0 unspecified atom stereocenters. The van der Waals surface area contributed by atoms with Crippen LogP contribution in [0.4, 0.5) is 0 Å². The van der Waals surface area contributed by atoms with Crippen molar-refractivity contribution in [2.75, 3.05) is 27.4 Å². The van der Waals surface area contributed by atoms with Crippen LogP contribution in [-0.2, 0) is 22.5 Å². The van der Waals surface area contributed by atoms with Crippen LogP contribution in [0, 0.1) is 0 Å². The zero-order chi connectivity index (χ0) is 34.9. The van der Waals surface area contributed by atoms with Crippen LogP contribution in [0.15, 0.2) is 131 Å². The lowest BCUT2D eigenvalue weighted by atomic mass is 9.81. The van der Waals surface area contributed by atoms with Crippen LogP contribution < -0.4 is 19.5 Å². The van der Waals surface area contributed by atoms with E-state index in [0.29, 0.717) is 36.2 Å². The highest BCUT2D eigenvalue weighted by Crippen LogP contribution is 2.43. The van der Waals surface area contributed by atoms with E-state index in [9.17, 15) is 4.79 Å². The number of carbonyl (C=O) groups excluding carboxylic acids is 1. The highest BCUT2D eigenvalue weighted by Gasteiger charge is 2.53. The number of carbonyl (C=O) groups is 1. The number of methoxy groups -OCH3 is 2. The summed E-state index contributed by atoms with van der Waals surface area (Å²) in [5.41, 5.74) is 4.12. The van der Waals surface area contributed by atoms with E-state index in [1.807, 2.05) is 97.1 Å². The Morgan fingerprint density at radius 3 is 2.16 bits per heavy atom. The number of amides is 1. The number of nitrogens with zero attached hydrogens (tertiary/aromatic N) is 1. The number of hydrogen-bond acceptors (Lipinski definition) is 7. The summed E-state index contributed by atoms with van der Waals surface area (Å²) in [6, 6.07) is 39.2. The standard InChI is InChI=1S/C41H39BrN2O6/c1-47-36-22-11-29(25-37(36)48-2)27-43-40(46)41(26-28-9-18-34(42)19-10-28)38(32-14-12-31(13-15-32)30-7-4-3-5-8-30)50-39(44-41)33-16-20-35(21-17-33)49-24-6-23-45/h3-5,7-22,25,38,45H,6,23-24,26-27H2,1-2H3,(H,43,46)/t38-,41-/m1/s1. The molecule has 0 saturated heterocycles. The van der Waals surface area contributed by atoms with Crippen molar-refractivity contribution in [3.8, 4) is 28.4 Å². The van der Waals surface area contributed by atoms with E-state index in [0.717, 1.165) is 37.9 Å². The summed E-state index contributed by atoms with van der Waals surface area (Å²) >= 11 is 3.54. The van der Waals surface area contributed by atoms with Gasteiger partial charge in [-0.05, 0) is 76.3 Å². The smallest absolute Gasteiger partial charge is 0.252 e. The molecule has 0 spiro atoms. The first-order valence-electron chi connectivity index (χ1n) is 16.4. The Bertz CT molecular complexity index is 1910. The van der Waals surface area contributed by atoms with E-state index in [4.69, 9.17) is 29.0 Å². The van der Waals surface area contributed by atoms with Crippen molar-refractivity contribution in [2.24, 2.45) is 4.99 Å². The van der Waals surface area contributed by atoms with E-state index in [1.165, 1.54) is 0 Å². The van der Waals surface area contributed by atoms with Gasteiger partial charge in [0.25, 0.3) is 5.91 Å². The molecule has 0 aliphatic carbocycles. The quantitative estimate of drug-likeness (QED) is 0.114. The number of rotatable bonds is 14. The van der Waals surface area contributed by atoms with Gasteiger partial charge in [-0.15, -0.1) is 0 Å². The summed E-state index contributed by atoms with van der Waals surface area (Å²) in [6.45, 7) is 0.710. The molecule has 0 saturated carbocycles. The molecular weight excluding hydrogens is 696 g/mol. The summed E-state index contributed by atoms with van der Waals surface area (Å²) in [7, 11) is 3.17. The summed E-state index contributed by atoms with van der Waals surface area (Å²) in [5.74, 6) is 1.95. The lowest BCUT2D eigenvalue weighted by Crippen LogP contribution is -2.49. The molecule has 1 heterocycles. The third kappa shape index (κ3) is 7.85. The first kappa shape index (κ1) is 34.7. The van der Waals surface area contributed by atoms with Crippen molar-refractivity contribution in [2.45, 2.75) is 31.0 Å². The second kappa shape index (κ2) is 16.1. The normalized spacial score (nSPS) is 16.6. The highest BCUT2D eigenvalue weighted by atomic mass is 79.9. The molecule has 5 aromatic rings. The van der Waals surface area contributed by atoms with Crippen LogP contribution >= 0.6 is 15.9 Å². The van der Waals surface area contributed by atoms with Crippen LogP contribution in [0.5, 0.6) is 17.2 Å². The lowest BCUT2D eigenvalue weighted by molar-refractivity contribution is -0.129. The Balaban J connectivity index is 1.40. The molecule has 9 heteroatoms.